The number of benzene rings is 2. The van der Waals surface area contributed by atoms with E-state index in [2.05, 4.69) is 15.5 Å². The molecule has 1 fully saturated rings. The first-order valence-corrected chi connectivity index (χ1v) is 10.7. The molecule has 0 aliphatic carbocycles. The molecule has 1 aliphatic rings. The Morgan fingerprint density at radius 3 is 2.44 bits per heavy atom. The summed E-state index contributed by atoms with van der Waals surface area (Å²) in [5.74, 6) is -0.798. The van der Waals surface area contributed by atoms with Gasteiger partial charge in [0.25, 0.3) is 17.5 Å². The van der Waals surface area contributed by atoms with Crippen LogP contribution in [-0.4, -0.2) is 60.9 Å². The lowest BCUT2D eigenvalue weighted by molar-refractivity contribution is -0.384. The Bertz CT molecular complexity index is 1000. The minimum atomic E-state index is -0.512. The van der Waals surface area contributed by atoms with Crippen molar-refractivity contribution in [2.75, 3.05) is 43.4 Å². The van der Waals surface area contributed by atoms with Crippen LogP contribution in [0, 0.1) is 10.1 Å². The molecule has 2 N–H and O–H groups in total. The highest BCUT2D eigenvalue weighted by Gasteiger charge is 2.24. The number of rotatable bonds is 7. The number of likely N-dealkylation sites (N-methyl/N-ethyl adjacent to an activating group) is 1. The molecule has 0 bridgehead atoms. The van der Waals surface area contributed by atoms with Crippen molar-refractivity contribution < 1.29 is 14.5 Å². The van der Waals surface area contributed by atoms with Crippen molar-refractivity contribution in [3.8, 4) is 0 Å². The van der Waals surface area contributed by atoms with Gasteiger partial charge in [0, 0.05) is 43.9 Å². The molecule has 0 radical (unpaired) electrons. The van der Waals surface area contributed by atoms with Crippen molar-refractivity contribution in [2.45, 2.75) is 26.3 Å². The van der Waals surface area contributed by atoms with E-state index >= 15 is 0 Å². The summed E-state index contributed by atoms with van der Waals surface area (Å²) in [5, 5.41) is 17.3. The molecule has 0 saturated carbocycles. The predicted octanol–water partition coefficient (Wildman–Crippen LogP) is 3.13. The van der Waals surface area contributed by atoms with Gasteiger partial charge in [-0.05, 0) is 44.7 Å². The predicted molar refractivity (Wildman–Crippen MR) is 124 cm³/mol. The smallest absolute Gasteiger partial charge is 0.293 e. The second-order valence-electron chi connectivity index (χ2n) is 8.03. The van der Waals surface area contributed by atoms with Crippen LogP contribution < -0.4 is 15.5 Å². The molecule has 0 aromatic heterocycles. The van der Waals surface area contributed by atoms with E-state index in [1.165, 1.54) is 6.07 Å². The van der Waals surface area contributed by atoms with Crippen molar-refractivity contribution >= 4 is 28.9 Å². The minimum Gasteiger partial charge on any atom is -0.363 e. The SMILES string of the molecule is CCC(C)NC(=O)c1ccccc1NC(=O)c1ccc(N2CCN(C)CC2)c([N+](=O)[O-])c1. The average molecular weight is 440 g/mol. The van der Waals surface area contributed by atoms with Crippen LogP contribution in [0.4, 0.5) is 17.1 Å². The van der Waals surface area contributed by atoms with E-state index < -0.39 is 10.8 Å². The summed E-state index contributed by atoms with van der Waals surface area (Å²) in [4.78, 5) is 40.9. The number of anilines is 2. The molecule has 9 heteroatoms. The third-order valence-corrected chi connectivity index (χ3v) is 5.69. The van der Waals surface area contributed by atoms with E-state index in [9.17, 15) is 19.7 Å². The molecule has 1 aliphatic heterocycles. The van der Waals surface area contributed by atoms with Gasteiger partial charge < -0.3 is 20.4 Å². The molecule has 3 rings (SSSR count). The van der Waals surface area contributed by atoms with Gasteiger partial charge in [0.05, 0.1) is 16.2 Å². The number of carbonyl (C=O) groups excluding carboxylic acids is 2. The number of carbonyl (C=O) groups is 2. The minimum absolute atomic E-state index is 0.00368. The molecule has 1 saturated heterocycles. The zero-order chi connectivity index (χ0) is 23.3. The molecule has 1 heterocycles. The maximum Gasteiger partial charge on any atom is 0.293 e. The fourth-order valence-electron chi connectivity index (χ4n) is 3.51. The first-order chi connectivity index (χ1) is 15.3. The van der Waals surface area contributed by atoms with Crippen LogP contribution in [0.25, 0.3) is 0 Å². The van der Waals surface area contributed by atoms with Gasteiger partial charge in [-0.15, -0.1) is 0 Å². The molecule has 2 aromatic carbocycles. The van der Waals surface area contributed by atoms with E-state index in [1.807, 2.05) is 25.8 Å². The van der Waals surface area contributed by atoms with Gasteiger partial charge in [0.1, 0.15) is 5.69 Å². The van der Waals surface area contributed by atoms with Crippen LogP contribution >= 0.6 is 0 Å². The van der Waals surface area contributed by atoms with Crippen LogP contribution in [0.2, 0.25) is 0 Å². The molecule has 170 valence electrons. The molecular formula is C23H29N5O4. The lowest BCUT2D eigenvalue weighted by Gasteiger charge is -2.33. The van der Waals surface area contributed by atoms with Crippen LogP contribution in [-0.2, 0) is 0 Å². The summed E-state index contributed by atoms with van der Waals surface area (Å²) in [7, 11) is 2.01. The first kappa shape index (κ1) is 23.2. The first-order valence-electron chi connectivity index (χ1n) is 10.7. The maximum atomic E-state index is 12.9. The van der Waals surface area contributed by atoms with Gasteiger partial charge in [-0.3, -0.25) is 19.7 Å². The Morgan fingerprint density at radius 1 is 1.09 bits per heavy atom. The number of para-hydroxylation sites is 1. The van der Waals surface area contributed by atoms with E-state index in [0.29, 0.717) is 30.0 Å². The number of amides is 2. The third kappa shape index (κ3) is 5.42. The summed E-state index contributed by atoms with van der Waals surface area (Å²) in [6.07, 6.45) is 0.781. The van der Waals surface area contributed by atoms with Crippen molar-refractivity contribution in [1.82, 2.24) is 10.2 Å². The van der Waals surface area contributed by atoms with Gasteiger partial charge in [-0.25, -0.2) is 0 Å². The molecule has 0 spiro atoms. The fourth-order valence-corrected chi connectivity index (χ4v) is 3.51. The number of hydrogen-bond acceptors (Lipinski definition) is 6. The van der Waals surface area contributed by atoms with Crippen molar-refractivity contribution in [2.24, 2.45) is 0 Å². The van der Waals surface area contributed by atoms with Crippen molar-refractivity contribution in [1.29, 1.82) is 0 Å². The summed E-state index contributed by atoms with van der Waals surface area (Å²) < 4.78 is 0. The Labute approximate surface area is 187 Å². The number of nitro groups is 1. The lowest BCUT2D eigenvalue weighted by atomic mass is 10.1. The van der Waals surface area contributed by atoms with Gasteiger partial charge in [0.2, 0.25) is 0 Å². The Hall–Kier alpha value is -3.46. The fraction of sp³-hybridized carbons (Fsp3) is 0.391. The van der Waals surface area contributed by atoms with Gasteiger partial charge >= 0.3 is 0 Å². The summed E-state index contributed by atoms with van der Waals surface area (Å²) >= 11 is 0. The third-order valence-electron chi connectivity index (χ3n) is 5.69. The van der Waals surface area contributed by atoms with Crippen LogP contribution in [0.15, 0.2) is 42.5 Å². The van der Waals surface area contributed by atoms with Gasteiger partial charge in [0.15, 0.2) is 0 Å². The number of nitrogens with one attached hydrogen (secondary N) is 2. The standard InChI is InChI=1S/C23H29N5O4/c1-4-16(2)24-23(30)18-7-5-6-8-19(18)25-22(29)17-9-10-20(21(15-17)28(31)32)27-13-11-26(3)12-14-27/h5-10,15-16H,4,11-14H2,1-3H3,(H,24,30)(H,25,29). The largest absolute Gasteiger partial charge is 0.363 e. The monoisotopic (exact) mass is 439 g/mol. The second-order valence-corrected chi connectivity index (χ2v) is 8.03. The Kier molecular flexibility index (Phi) is 7.42. The molecular weight excluding hydrogens is 410 g/mol. The van der Waals surface area contributed by atoms with E-state index in [0.717, 1.165) is 19.5 Å². The summed E-state index contributed by atoms with van der Waals surface area (Å²) in [5.41, 5.74) is 1.25. The quantitative estimate of drug-likeness (QED) is 0.507. The maximum absolute atomic E-state index is 12.9. The van der Waals surface area contributed by atoms with E-state index in [-0.39, 0.29) is 23.2 Å². The van der Waals surface area contributed by atoms with Crippen LogP contribution in [0.5, 0.6) is 0 Å². The lowest BCUT2D eigenvalue weighted by Crippen LogP contribution is -2.44. The topological polar surface area (TPSA) is 108 Å². The normalized spacial score (nSPS) is 15.2. The van der Waals surface area contributed by atoms with Gasteiger partial charge in [-0.2, -0.15) is 0 Å². The number of hydrogen-bond donors (Lipinski definition) is 2. The van der Waals surface area contributed by atoms with Crippen LogP contribution in [0.1, 0.15) is 41.0 Å². The number of nitro benzene ring substituents is 1. The van der Waals surface area contributed by atoms with Crippen molar-refractivity contribution in [3.63, 3.8) is 0 Å². The molecule has 9 nitrogen and oxygen atoms in total. The Balaban J connectivity index is 1.82. The van der Waals surface area contributed by atoms with E-state index in [4.69, 9.17) is 0 Å². The Morgan fingerprint density at radius 2 is 1.78 bits per heavy atom. The molecule has 32 heavy (non-hydrogen) atoms. The number of nitrogens with zero attached hydrogens (tertiary/aromatic N) is 3. The highest BCUT2D eigenvalue weighted by atomic mass is 16.6. The number of piperazine rings is 1. The molecule has 2 amide bonds. The van der Waals surface area contributed by atoms with E-state index in [1.54, 1.807) is 36.4 Å². The zero-order valence-corrected chi connectivity index (χ0v) is 18.6. The highest BCUT2D eigenvalue weighted by molar-refractivity contribution is 6.09. The second kappa shape index (κ2) is 10.2. The summed E-state index contributed by atoms with van der Waals surface area (Å²) in [6, 6.07) is 11.2. The highest BCUT2D eigenvalue weighted by Crippen LogP contribution is 2.30. The molecule has 2 aromatic rings. The van der Waals surface area contributed by atoms with Gasteiger partial charge in [-0.1, -0.05) is 19.1 Å². The van der Waals surface area contributed by atoms with Crippen molar-refractivity contribution in [3.05, 3.63) is 63.7 Å². The van der Waals surface area contributed by atoms with Crippen LogP contribution in [0.3, 0.4) is 0 Å². The zero-order valence-electron chi connectivity index (χ0n) is 18.6. The molecule has 1 unspecified atom stereocenters. The molecule has 1 atom stereocenters. The average Bonchev–Trinajstić information content (AvgIpc) is 2.79. The summed E-state index contributed by atoms with van der Waals surface area (Å²) in [6.45, 7) is 6.87.